The van der Waals surface area contributed by atoms with E-state index < -0.39 is 52.8 Å². The molecular formula is C29H26F3N3O4. The van der Waals surface area contributed by atoms with E-state index in [1.807, 2.05) is 13.0 Å². The number of amides is 2. The molecule has 0 saturated carbocycles. The number of fused-ring (bicyclic) bond motifs is 4. The average Bonchev–Trinajstić information content (AvgIpc) is 3.03. The summed E-state index contributed by atoms with van der Waals surface area (Å²) in [5, 5.41) is 2.33. The molecule has 7 nitrogen and oxygen atoms in total. The number of hydrogen-bond donors (Lipinski definition) is 1. The smallest absolute Gasteiger partial charge is 0.274 e. The van der Waals surface area contributed by atoms with Gasteiger partial charge >= 0.3 is 0 Å². The minimum absolute atomic E-state index is 0.0225. The SMILES string of the molecule is C=C1CCC(C)N2C[C@H]1n1cc(C(=O)NCc3c(F)cc(F)cc3F)c(=O)c(OCc3ccccc3)c1C2=O. The van der Waals surface area contributed by atoms with E-state index in [0.29, 0.717) is 31.5 Å². The topological polar surface area (TPSA) is 80.6 Å². The predicted molar refractivity (Wildman–Crippen MR) is 137 cm³/mol. The van der Waals surface area contributed by atoms with E-state index in [0.717, 1.165) is 11.1 Å². The Morgan fingerprint density at radius 3 is 2.51 bits per heavy atom. The lowest BCUT2D eigenvalue weighted by Crippen LogP contribution is -2.48. The molecular weight excluding hydrogens is 511 g/mol. The third-order valence-electron chi connectivity index (χ3n) is 7.25. The summed E-state index contributed by atoms with van der Waals surface area (Å²) in [6.45, 7) is 5.78. The van der Waals surface area contributed by atoms with Crippen molar-refractivity contribution in [1.82, 2.24) is 14.8 Å². The van der Waals surface area contributed by atoms with E-state index in [9.17, 15) is 27.6 Å². The minimum Gasteiger partial charge on any atom is -0.483 e. The lowest BCUT2D eigenvalue weighted by atomic mass is 10.0. The number of pyridine rings is 1. The third kappa shape index (κ3) is 4.94. The summed E-state index contributed by atoms with van der Waals surface area (Å²) in [6.07, 6.45) is 2.62. The molecule has 3 heterocycles. The van der Waals surface area contributed by atoms with Crippen LogP contribution in [-0.4, -0.2) is 33.9 Å². The van der Waals surface area contributed by atoms with Crippen molar-refractivity contribution in [3.05, 3.63) is 111 Å². The number of carbonyl (C=O) groups is 2. The van der Waals surface area contributed by atoms with Crippen molar-refractivity contribution in [3.63, 3.8) is 0 Å². The second-order valence-corrected chi connectivity index (χ2v) is 9.78. The molecule has 2 bridgehead atoms. The summed E-state index contributed by atoms with van der Waals surface area (Å²) in [5.74, 6) is -5.04. The number of halogens is 3. The van der Waals surface area contributed by atoms with Gasteiger partial charge in [0.2, 0.25) is 5.43 Å². The molecule has 1 aromatic heterocycles. The summed E-state index contributed by atoms with van der Waals surface area (Å²) in [7, 11) is 0. The van der Waals surface area contributed by atoms with Crippen LogP contribution in [0.25, 0.3) is 0 Å². The first-order valence-electron chi connectivity index (χ1n) is 12.5. The van der Waals surface area contributed by atoms with Gasteiger partial charge in [-0.2, -0.15) is 0 Å². The predicted octanol–water partition coefficient (Wildman–Crippen LogP) is 4.51. The first-order chi connectivity index (χ1) is 18.7. The number of aromatic nitrogens is 1. The van der Waals surface area contributed by atoms with Crippen LogP contribution in [0.2, 0.25) is 0 Å². The Labute approximate surface area is 222 Å². The maximum absolute atomic E-state index is 14.1. The maximum atomic E-state index is 14.1. The van der Waals surface area contributed by atoms with Crippen LogP contribution in [0, 0.1) is 17.5 Å². The zero-order valence-corrected chi connectivity index (χ0v) is 21.2. The Balaban J connectivity index is 1.57. The molecule has 2 aliphatic rings. The molecule has 1 N–H and O–H groups in total. The van der Waals surface area contributed by atoms with Crippen molar-refractivity contribution in [2.75, 3.05) is 6.54 Å². The van der Waals surface area contributed by atoms with Crippen molar-refractivity contribution in [3.8, 4) is 5.75 Å². The summed E-state index contributed by atoms with van der Waals surface area (Å²) in [4.78, 5) is 42.1. The van der Waals surface area contributed by atoms with Gasteiger partial charge in [0.25, 0.3) is 11.8 Å². The molecule has 39 heavy (non-hydrogen) atoms. The third-order valence-corrected chi connectivity index (χ3v) is 7.25. The van der Waals surface area contributed by atoms with E-state index in [4.69, 9.17) is 4.74 Å². The molecule has 3 aromatic rings. The number of benzene rings is 2. The lowest BCUT2D eigenvalue weighted by Gasteiger charge is -2.37. The maximum Gasteiger partial charge on any atom is 0.274 e. The molecule has 5 rings (SSSR count). The number of nitrogens with one attached hydrogen (secondary N) is 1. The highest BCUT2D eigenvalue weighted by molar-refractivity contribution is 5.99. The highest BCUT2D eigenvalue weighted by Gasteiger charge is 2.40. The number of carbonyl (C=O) groups excluding carboxylic acids is 2. The quantitative estimate of drug-likeness (QED) is 0.470. The van der Waals surface area contributed by atoms with Gasteiger partial charge in [-0.05, 0) is 25.3 Å². The molecule has 2 aromatic carbocycles. The Hall–Kier alpha value is -4.34. The van der Waals surface area contributed by atoms with Crippen LogP contribution in [0.3, 0.4) is 0 Å². The first-order valence-corrected chi connectivity index (χ1v) is 12.5. The Morgan fingerprint density at radius 2 is 1.82 bits per heavy atom. The van der Waals surface area contributed by atoms with Crippen molar-refractivity contribution in [1.29, 1.82) is 0 Å². The molecule has 2 atom stereocenters. The summed E-state index contributed by atoms with van der Waals surface area (Å²) in [6, 6.07) is 9.53. The van der Waals surface area contributed by atoms with Gasteiger partial charge in [0.15, 0.2) is 11.4 Å². The monoisotopic (exact) mass is 537 g/mol. The van der Waals surface area contributed by atoms with Crippen molar-refractivity contribution in [2.45, 2.75) is 45.0 Å². The fourth-order valence-electron chi connectivity index (χ4n) is 5.01. The van der Waals surface area contributed by atoms with Gasteiger partial charge in [0.05, 0.1) is 6.04 Å². The molecule has 0 radical (unpaired) electrons. The Morgan fingerprint density at radius 1 is 1.13 bits per heavy atom. The summed E-state index contributed by atoms with van der Waals surface area (Å²) in [5.41, 5.74) is -0.157. The minimum atomic E-state index is -1.17. The zero-order valence-electron chi connectivity index (χ0n) is 21.2. The highest BCUT2D eigenvalue weighted by Crippen LogP contribution is 2.37. The normalized spacial score (nSPS) is 18.4. The Bertz CT molecular complexity index is 1510. The van der Waals surface area contributed by atoms with E-state index in [-0.39, 0.29) is 29.7 Å². The van der Waals surface area contributed by atoms with Gasteiger partial charge in [0, 0.05) is 43.0 Å². The van der Waals surface area contributed by atoms with E-state index in [1.165, 1.54) is 6.20 Å². The van der Waals surface area contributed by atoms with Gasteiger partial charge < -0.3 is 19.5 Å². The van der Waals surface area contributed by atoms with Gasteiger partial charge in [-0.3, -0.25) is 14.4 Å². The van der Waals surface area contributed by atoms with Crippen LogP contribution in [0.4, 0.5) is 13.2 Å². The van der Waals surface area contributed by atoms with E-state index in [2.05, 4.69) is 11.9 Å². The fraction of sp³-hybridized carbons (Fsp3) is 0.276. The number of ether oxygens (including phenoxy) is 1. The van der Waals surface area contributed by atoms with Crippen LogP contribution in [0.15, 0.2) is 65.6 Å². The molecule has 202 valence electrons. The molecule has 0 aliphatic carbocycles. The van der Waals surface area contributed by atoms with Crippen LogP contribution >= 0.6 is 0 Å². The average molecular weight is 538 g/mol. The van der Waals surface area contributed by atoms with E-state index in [1.54, 1.807) is 33.7 Å². The second-order valence-electron chi connectivity index (χ2n) is 9.78. The van der Waals surface area contributed by atoms with Crippen LogP contribution in [0.1, 0.15) is 57.8 Å². The molecule has 1 fully saturated rings. The fourth-order valence-corrected chi connectivity index (χ4v) is 5.01. The summed E-state index contributed by atoms with van der Waals surface area (Å²) >= 11 is 0. The van der Waals surface area contributed by atoms with E-state index >= 15 is 0 Å². The standard InChI is InChI=1S/C29H26F3N3O4/c1-16-8-9-17(2)34-14-24(16)35-13-21(28(37)33-12-20-22(31)10-19(30)11-23(20)32)26(36)27(25(35)29(34)38)39-15-18-6-4-3-5-7-18/h3-7,10-11,13,17,24H,1,8-9,12,14-15H2,2H3,(H,33,37)/t17?,24-/m1/s1. The van der Waals surface area contributed by atoms with Crippen LogP contribution in [-0.2, 0) is 13.2 Å². The first kappa shape index (κ1) is 26.3. The van der Waals surface area contributed by atoms with Gasteiger partial charge in [-0.15, -0.1) is 0 Å². The molecule has 0 spiro atoms. The van der Waals surface area contributed by atoms with Crippen molar-refractivity contribution < 1.29 is 27.5 Å². The lowest BCUT2D eigenvalue weighted by molar-refractivity contribution is 0.0611. The molecule has 2 amide bonds. The van der Waals surface area contributed by atoms with Crippen molar-refractivity contribution >= 4 is 11.8 Å². The second kappa shape index (κ2) is 10.4. The Kier molecular flexibility index (Phi) is 7.03. The highest BCUT2D eigenvalue weighted by atomic mass is 19.1. The van der Waals surface area contributed by atoms with Crippen LogP contribution < -0.4 is 15.5 Å². The number of rotatable bonds is 6. The summed E-state index contributed by atoms with van der Waals surface area (Å²) < 4.78 is 49.0. The molecule has 1 saturated heterocycles. The zero-order chi connectivity index (χ0) is 27.8. The molecule has 2 aliphatic heterocycles. The van der Waals surface area contributed by atoms with Crippen LogP contribution in [0.5, 0.6) is 5.75 Å². The van der Waals surface area contributed by atoms with Gasteiger partial charge in [0.1, 0.15) is 29.6 Å². The van der Waals surface area contributed by atoms with Crippen molar-refractivity contribution in [2.24, 2.45) is 0 Å². The number of hydrogen-bond acceptors (Lipinski definition) is 4. The number of nitrogens with zero attached hydrogens (tertiary/aromatic N) is 2. The molecule has 1 unspecified atom stereocenters. The molecule has 10 heteroatoms. The van der Waals surface area contributed by atoms with Gasteiger partial charge in [-0.25, -0.2) is 13.2 Å². The van der Waals surface area contributed by atoms with Gasteiger partial charge in [-0.1, -0.05) is 42.5 Å². The largest absolute Gasteiger partial charge is 0.483 e.